The summed E-state index contributed by atoms with van der Waals surface area (Å²) in [5.74, 6) is 0.0104. The van der Waals surface area contributed by atoms with Crippen LogP contribution in [-0.2, 0) is 14.9 Å². The maximum atomic E-state index is 12.7. The number of rotatable bonds is 12. The van der Waals surface area contributed by atoms with Crippen molar-refractivity contribution in [3.05, 3.63) is 64.0 Å². The summed E-state index contributed by atoms with van der Waals surface area (Å²) in [6.07, 6.45) is 3.14. The van der Waals surface area contributed by atoms with Gasteiger partial charge in [-0.2, -0.15) is 0 Å². The van der Waals surface area contributed by atoms with Crippen LogP contribution in [0.25, 0.3) is 10.1 Å². The van der Waals surface area contributed by atoms with Crippen LogP contribution in [0.3, 0.4) is 0 Å². The molecule has 0 radical (unpaired) electrons. The Balaban J connectivity index is 1.92. The molecule has 2 N–H and O–H groups in total. The Morgan fingerprint density at radius 1 is 1.00 bits per heavy atom. The molecule has 38 heavy (non-hydrogen) atoms. The third-order valence-corrected chi connectivity index (χ3v) is 9.21. The van der Waals surface area contributed by atoms with E-state index < -0.39 is 17.6 Å². The summed E-state index contributed by atoms with van der Waals surface area (Å²) in [4.78, 5) is 25.7. The van der Waals surface area contributed by atoms with Crippen LogP contribution in [0.15, 0.2) is 42.5 Å². The number of carbonyl (C=O) groups is 2. The lowest BCUT2D eigenvalue weighted by Gasteiger charge is -2.32. The number of hydrogen-bond donors (Lipinski definition) is 2. The first-order valence-corrected chi connectivity index (χ1v) is 14.3. The molecule has 0 spiro atoms. The molecule has 206 valence electrons. The van der Waals surface area contributed by atoms with Gasteiger partial charge in [-0.25, -0.2) is 4.79 Å². The fraction of sp³-hybridized carbons (Fsp3) is 0.484. The first-order valence-electron chi connectivity index (χ1n) is 13.4. The molecule has 0 saturated heterocycles. The summed E-state index contributed by atoms with van der Waals surface area (Å²) in [6.45, 7) is 12.3. The van der Waals surface area contributed by atoms with Crippen molar-refractivity contribution in [2.24, 2.45) is 0 Å². The molecule has 0 fully saturated rings. The van der Waals surface area contributed by atoms with Crippen molar-refractivity contribution < 1.29 is 24.2 Å². The highest BCUT2D eigenvalue weighted by Gasteiger charge is 2.33. The third kappa shape index (κ3) is 6.05. The van der Waals surface area contributed by atoms with E-state index in [0.29, 0.717) is 18.4 Å². The molecule has 1 heterocycles. The van der Waals surface area contributed by atoms with Crippen molar-refractivity contribution in [3.63, 3.8) is 0 Å². The number of esters is 1. The molecule has 1 amide bonds. The van der Waals surface area contributed by atoms with E-state index in [1.54, 1.807) is 24.3 Å². The molecule has 0 aliphatic rings. The molecule has 0 saturated carbocycles. The molecule has 1 atom stereocenters. The fourth-order valence-electron chi connectivity index (χ4n) is 4.85. The number of thiophene rings is 1. The van der Waals surface area contributed by atoms with E-state index in [1.165, 1.54) is 17.6 Å². The maximum Gasteiger partial charge on any atom is 0.328 e. The number of aliphatic hydroxyl groups is 1. The second-order valence-electron chi connectivity index (χ2n) is 10.1. The Morgan fingerprint density at radius 3 is 2.26 bits per heavy atom. The van der Waals surface area contributed by atoms with Gasteiger partial charge < -0.3 is 19.9 Å². The number of aryl methyl sites for hydroxylation is 1. The lowest BCUT2D eigenvalue weighted by molar-refractivity contribution is -0.142. The fourth-order valence-corrected chi connectivity index (χ4v) is 6.30. The van der Waals surface area contributed by atoms with Crippen LogP contribution >= 0.6 is 11.3 Å². The summed E-state index contributed by atoms with van der Waals surface area (Å²) >= 11 is 1.70. The van der Waals surface area contributed by atoms with Gasteiger partial charge in [0, 0.05) is 20.6 Å². The van der Waals surface area contributed by atoms with Crippen LogP contribution in [0.2, 0.25) is 0 Å². The number of nitrogens with one attached hydrogen (secondary N) is 1. The Labute approximate surface area is 230 Å². The first kappa shape index (κ1) is 29.7. The van der Waals surface area contributed by atoms with E-state index in [4.69, 9.17) is 9.47 Å². The number of amides is 1. The van der Waals surface area contributed by atoms with Crippen LogP contribution in [0.5, 0.6) is 5.75 Å². The van der Waals surface area contributed by atoms with Gasteiger partial charge in [-0.15, -0.1) is 11.3 Å². The zero-order chi connectivity index (χ0) is 28.1. The van der Waals surface area contributed by atoms with Gasteiger partial charge in [0.05, 0.1) is 12.7 Å². The molecule has 6 nitrogen and oxygen atoms in total. The Bertz CT molecular complexity index is 1270. The van der Waals surface area contributed by atoms with E-state index in [1.807, 2.05) is 32.0 Å². The maximum absolute atomic E-state index is 12.7. The predicted octanol–water partition coefficient (Wildman–Crippen LogP) is 6.54. The van der Waals surface area contributed by atoms with Crippen LogP contribution < -0.4 is 10.1 Å². The van der Waals surface area contributed by atoms with E-state index in [9.17, 15) is 14.7 Å². The summed E-state index contributed by atoms with van der Waals surface area (Å²) in [5.41, 5.74) is 1.79. The minimum Gasteiger partial charge on any atom is -0.490 e. The Kier molecular flexibility index (Phi) is 9.60. The summed E-state index contributed by atoms with van der Waals surface area (Å²) < 4.78 is 11.8. The monoisotopic (exact) mass is 539 g/mol. The van der Waals surface area contributed by atoms with Gasteiger partial charge in [0.1, 0.15) is 18.4 Å². The number of ether oxygens (including phenoxy) is 2. The van der Waals surface area contributed by atoms with Gasteiger partial charge in [-0.1, -0.05) is 45.9 Å². The molecule has 0 bridgehead atoms. The van der Waals surface area contributed by atoms with E-state index >= 15 is 0 Å². The largest absolute Gasteiger partial charge is 0.490 e. The van der Waals surface area contributed by atoms with Gasteiger partial charge in [-0.05, 0) is 80.3 Å². The molecular formula is C31H41NO5S. The quantitative estimate of drug-likeness (QED) is 0.255. The molecular weight excluding hydrogens is 498 g/mol. The van der Waals surface area contributed by atoms with Crippen molar-refractivity contribution in [1.82, 2.24) is 5.32 Å². The number of carbonyl (C=O) groups excluding carboxylic acids is 2. The summed E-state index contributed by atoms with van der Waals surface area (Å²) in [6, 6.07) is 13.5. The molecule has 0 unspecified atom stereocenters. The minimum absolute atomic E-state index is 0.178. The number of benzene rings is 2. The predicted molar refractivity (Wildman–Crippen MR) is 154 cm³/mol. The smallest absolute Gasteiger partial charge is 0.328 e. The lowest BCUT2D eigenvalue weighted by Crippen LogP contribution is -2.39. The van der Waals surface area contributed by atoms with Crippen molar-refractivity contribution in [1.29, 1.82) is 0 Å². The highest BCUT2D eigenvalue weighted by Crippen LogP contribution is 2.45. The second-order valence-corrected chi connectivity index (χ2v) is 11.2. The molecule has 7 heteroatoms. The molecule has 3 aromatic rings. The van der Waals surface area contributed by atoms with E-state index in [2.05, 4.69) is 44.3 Å². The minimum atomic E-state index is -0.814. The topological polar surface area (TPSA) is 84.9 Å². The Morgan fingerprint density at radius 2 is 1.68 bits per heavy atom. The normalized spacial score (nSPS) is 12.8. The number of hydrogen-bond acceptors (Lipinski definition) is 6. The molecule has 0 aliphatic heterocycles. The van der Waals surface area contributed by atoms with Gasteiger partial charge in [0.2, 0.25) is 0 Å². The number of fused-ring (bicyclic) bond motifs is 1. The van der Waals surface area contributed by atoms with Crippen LogP contribution in [0.1, 0.15) is 86.7 Å². The van der Waals surface area contributed by atoms with Gasteiger partial charge in [0.15, 0.2) is 0 Å². The van der Waals surface area contributed by atoms with Crippen molar-refractivity contribution >= 4 is 33.3 Å². The SMILES string of the molecule is CCC(O)(CC)COc1ccc(C(CC)(CC)c2cc3ccc(C(=O)N[C@H](C)C(=O)OC)cc3s2)cc1C. The molecule has 2 aromatic carbocycles. The highest BCUT2D eigenvalue weighted by molar-refractivity contribution is 7.19. The van der Waals surface area contributed by atoms with Crippen molar-refractivity contribution in [3.8, 4) is 5.75 Å². The standard InChI is InChI=1S/C31H41NO5S/c1-8-30(35,9-2)19-37-25-15-14-24(16-20(25)5)31(10-3,11-4)27-18-22-12-13-23(17-26(22)38-27)28(33)32-21(6)29(34)36-7/h12-18,21,35H,8-11,19H2,1-7H3,(H,32,33)/t21-/m1/s1. The Hall–Kier alpha value is -2.90. The first-order chi connectivity index (χ1) is 18.1. The molecule has 1 aromatic heterocycles. The van der Waals surface area contributed by atoms with Gasteiger partial charge >= 0.3 is 5.97 Å². The lowest BCUT2D eigenvalue weighted by atomic mass is 9.74. The average Bonchev–Trinajstić information content (AvgIpc) is 3.36. The second kappa shape index (κ2) is 12.3. The summed E-state index contributed by atoms with van der Waals surface area (Å²) in [5, 5.41) is 14.4. The van der Waals surface area contributed by atoms with Crippen molar-refractivity contribution in [2.75, 3.05) is 13.7 Å². The van der Waals surface area contributed by atoms with Crippen LogP contribution in [0, 0.1) is 6.92 Å². The van der Waals surface area contributed by atoms with E-state index in [0.717, 1.165) is 34.2 Å². The zero-order valence-corrected chi connectivity index (χ0v) is 24.5. The zero-order valence-electron chi connectivity index (χ0n) is 23.6. The molecule has 0 aliphatic carbocycles. The highest BCUT2D eigenvalue weighted by atomic mass is 32.1. The summed E-state index contributed by atoms with van der Waals surface area (Å²) in [7, 11) is 1.30. The number of methoxy groups -OCH3 is 1. The third-order valence-electron chi connectivity index (χ3n) is 7.90. The van der Waals surface area contributed by atoms with Gasteiger partial charge in [-0.3, -0.25) is 4.79 Å². The van der Waals surface area contributed by atoms with Crippen LogP contribution in [0.4, 0.5) is 0 Å². The molecule has 3 rings (SSSR count). The van der Waals surface area contributed by atoms with Crippen molar-refractivity contribution in [2.45, 2.75) is 84.3 Å². The van der Waals surface area contributed by atoms with E-state index in [-0.39, 0.29) is 17.9 Å². The van der Waals surface area contributed by atoms with Gasteiger partial charge in [0.25, 0.3) is 5.91 Å². The average molecular weight is 540 g/mol. The van der Waals surface area contributed by atoms with Crippen LogP contribution in [-0.4, -0.2) is 42.3 Å².